The summed E-state index contributed by atoms with van der Waals surface area (Å²) in [6.07, 6.45) is 0.292. The van der Waals surface area contributed by atoms with Crippen LogP contribution in [0, 0.1) is 5.92 Å². The third kappa shape index (κ3) is 4.43. The Bertz CT molecular complexity index is 581. The van der Waals surface area contributed by atoms with Crippen LogP contribution in [-0.2, 0) is 4.79 Å². The second kappa shape index (κ2) is 7.76. The Morgan fingerprint density at radius 3 is 1.95 bits per heavy atom. The van der Waals surface area contributed by atoms with E-state index in [1.165, 1.54) is 0 Å². The molecule has 0 spiro atoms. The molecule has 0 aliphatic heterocycles. The first-order valence-electron chi connectivity index (χ1n) is 7.72. The van der Waals surface area contributed by atoms with E-state index in [-0.39, 0.29) is 18.0 Å². The number of carbonyl (C=O) groups excluding carboxylic acids is 1. The fraction of sp³-hybridized carbons (Fsp3) is 0.316. The molecule has 3 heteroatoms. The maximum absolute atomic E-state index is 12.3. The summed E-state index contributed by atoms with van der Waals surface area (Å²) in [7, 11) is 0. The van der Waals surface area contributed by atoms with Crippen molar-refractivity contribution in [2.45, 2.75) is 32.4 Å². The minimum atomic E-state index is -0.273. The number of benzene rings is 2. The van der Waals surface area contributed by atoms with Gasteiger partial charge in [-0.3, -0.25) is 4.79 Å². The van der Waals surface area contributed by atoms with E-state index in [2.05, 4.69) is 19.2 Å². The summed E-state index contributed by atoms with van der Waals surface area (Å²) in [4.78, 5) is 12.3. The van der Waals surface area contributed by atoms with Crippen molar-refractivity contribution in [1.82, 2.24) is 5.32 Å². The smallest absolute Gasteiger partial charge is 0.222 e. The van der Waals surface area contributed by atoms with Gasteiger partial charge < -0.3 is 11.1 Å². The SMILES string of the molecule is CC(C)C(NC(=O)CC(N)c1ccccc1)c1ccccc1. The van der Waals surface area contributed by atoms with Crippen molar-refractivity contribution < 1.29 is 4.79 Å². The highest BCUT2D eigenvalue weighted by Crippen LogP contribution is 2.22. The van der Waals surface area contributed by atoms with Crippen molar-refractivity contribution in [1.29, 1.82) is 0 Å². The lowest BCUT2D eigenvalue weighted by atomic mass is 9.95. The summed E-state index contributed by atoms with van der Waals surface area (Å²) in [5.41, 5.74) is 8.23. The molecular weight excluding hydrogens is 272 g/mol. The van der Waals surface area contributed by atoms with E-state index in [4.69, 9.17) is 5.73 Å². The van der Waals surface area contributed by atoms with E-state index in [0.29, 0.717) is 12.3 Å². The van der Waals surface area contributed by atoms with Crippen LogP contribution >= 0.6 is 0 Å². The standard InChI is InChI=1S/C19H24N2O/c1-14(2)19(16-11-7-4-8-12-16)21-18(22)13-17(20)15-9-5-3-6-10-15/h3-12,14,17,19H,13,20H2,1-2H3,(H,21,22). The Morgan fingerprint density at radius 2 is 1.45 bits per heavy atom. The molecule has 0 saturated heterocycles. The largest absolute Gasteiger partial charge is 0.349 e. The summed E-state index contributed by atoms with van der Waals surface area (Å²) in [6, 6.07) is 19.5. The van der Waals surface area contributed by atoms with Crippen molar-refractivity contribution >= 4 is 5.91 Å². The molecule has 2 atom stereocenters. The number of rotatable bonds is 6. The van der Waals surface area contributed by atoms with Gasteiger partial charge in [0.15, 0.2) is 0 Å². The summed E-state index contributed by atoms with van der Waals surface area (Å²) < 4.78 is 0. The van der Waals surface area contributed by atoms with Gasteiger partial charge in [-0.05, 0) is 17.0 Å². The van der Waals surface area contributed by atoms with E-state index in [9.17, 15) is 4.79 Å². The predicted octanol–water partition coefficient (Wildman–Crippen LogP) is 3.59. The van der Waals surface area contributed by atoms with E-state index >= 15 is 0 Å². The molecule has 2 rings (SSSR count). The lowest BCUT2D eigenvalue weighted by Crippen LogP contribution is -2.33. The van der Waals surface area contributed by atoms with Crippen LogP contribution in [0.1, 0.15) is 43.5 Å². The molecule has 2 aromatic carbocycles. The summed E-state index contributed by atoms with van der Waals surface area (Å²) in [6.45, 7) is 4.21. The molecular formula is C19H24N2O. The van der Waals surface area contributed by atoms with Crippen LogP contribution < -0.4 is 11.1 Å². The zero-order valence-electron chi connectivity index (χ0n) is 13.2. The number of hydrogen-bond acceptors (Lipinski definition) is 2. The maximum atomic E-state index is 12.3. The average Bonchev–Trinajstić information content (AvgIpc) is 2.54. The Kier molecular flexibility index (Phi) is 5.73. The molecule has 1 amide bonds. The predicted molar refractivity (Wildman–Crippen MR) is 90.2 cm³/mol. The van der Waals surface area contributed by atoms with Gasteiger partial charge in [0.05, 0.1) is 6.04 Å². The van der Waals surface area contributed by atoms with Crippen LogP contribution in [0.5, 0.6) is 0 Å². The third-order valence-corrected chi connectivity index (χ3v) is 3.77. The summed E-state index contributed by atoms with van der Waals surface area (Å²) in [5, 5.41) is 3.11. The Balaban J connectivity index is 2.00. The fourth-order valence-electron chi connectivity index (χ4n) is 2.55. The highest BCUT2D eigenvalue weighted by atomic mass is 16.1. The molecule has 0 aliphatic rings. The van der Waals surface area contributed by atoms with Gasteiger partial charge in [-0.2, -0.15) is 0 Å². The molecule has 0 heterocycles. The molecule has 0 radical (unpaired) electrons. The maximum Gasteiger partial charge on any atom is 0.222 e. The van der Waals surface area contributed by atoms with Crippen LogP contribution in [-0.4, -0.2) is 5.91 Å². The fourth-order valence-corrected chi connectivity index (χ4v) is 2.55. The van der Waals surface area contributed by atoms with Crippen LogP contribution in [0.3, 0.4) is 0 Å². The molecule has 2 aromatic rings. The van der Waals surface area contributed by atoms with E-state index < -0.39 is 0 Å². The molecule has 3 nitrogen and oxygen atoms in total. The first-order valence-corrected chi connectivity index (χ1v) is 7.72. The molecule has 22 heavy (non-hydrogen) atoms. The van der Waals surface area contributed by atoms with E-state index in [0.717, 1.165) is 11.1 Å². The monoisotopic (exact) mass is 296 g/mol. The average molecular weight is 296 g/mol. The van der Waals surface area contributed by atoms with Crippen molar-refractivity contribution in [2.75, 3.05) is 0 Å². The first-order chi connectivity index (χ1) is 10.6. The Labute approximate surface area is 132 Å². The van der Waals surface area contributed by atoms with Crippen LogP contribution in [0.4, 0.5) is 0 Å². The Morgan fingerprint density at radius 1 is 0.955 bits per heavy atom. The molecule has 2 unspecified atom stereocenters. The van der Waals surface area contributed by atoms with Crippen LogP contribution in [0.25, 0.3) is 0 Å². The summed E-state index contributed by atoms with van der Waals surface area (Å²) >= 11 is 0. The molecule has 3 N–H and O–H groups in total. The van der Waals surface area contributed by atoms with Gasteiger partial charge in [0.1, 0.15) is 0 Å². The van der Waals surface area contributed by atoms with Gasteiger partial charge in [0.25, 0.3) is 0 Å². The second-order valence-electron chi connectivity index (χ2n) is 5.92. The molecule has 0 saturated carbocycles. The van der Waals surface area contributed by atoms with Gasteiger partial charge in [-0.15, -0.1) is 0 Å². The number of nitrogens with two attached hydrogens (primary N) is 1. The Hall–Kier alpha value is -2.13. The summed E-state index contributed by atoms with van der Waals surface area (Å²) in [5.74, 6) is 0.304. The van der Waals surface area contributed by atoms with Crippen molar-refractivity contribution in [3.8, 4) is 0 Å². The van der Waals surface area contributed by atoms with Crippen LogP contribution in [0.2, 0.25) is 0 Å². The highest BCUT2D eigenvalue weighted by Gasteiger charge is 2.19. The topological polar surface area (TPSA) is 55.1 Å². The van der Waals surface area contributed by atoms with Crippen LogP contribution in [0.15, 0.2) is 60.7 Å². The third-order valence-electron chi connectivity index (χ3n) is 3.77. The quantitative estimate of drug-likeness (QED) is 0.856. The van der Waals surface area contributed by atoms with E-state index in [1.807, 2.05) is 60.7 Å². The highest BCUT2D eigenvalue weighted by molar-refractivity contribution is 5.77. The van der Waals surface area contributed by atoms with Gasteiger partial charge in [-0.1, -0.05) is 74.5 Å². The first kappa shape index (κ1) is 16.2. The number of amides is 1. The van der Waals surface area contributed by atoms with Gasteiger partial charge >= 0.3 is 0 Å². The second-order valence-corrected chi connectivity index (χ2v) is 5.92. The molecule has 0 aliphatic carbocycles. The normalized spacial score (nSPS) is 13.6. The van der Waals surface area contributed by atoms with Crippen molar-refractivity contribution in [3.05, 3.63) is 71.8 Å². The van der Waals surface area contributed by atoms with E-state index in [1.54, 1.807) is 0 Å². The molecule has 0 fully saturated rings. The molecule has 0 bridgehead atoms. The minimum absolute atomic E-state index is 0.0108. The number of carbonyl (C=O) groups is 1. The lowest BCUT2D eigenvalue weighted by molar-refractivity contribution is -0.122. The van der Waals surface area contributed by atoms with Crippen molar-refractivity contribution in [3.63, 3.8) is 0 Å². The lowest BCUT2D eigenvalue weighted by Gasteiger charge is -2.24. The zero-order valence-corrected chi connectivity index (χ0v) is 13.2. The van der Waals surface area contributed by atoms with Crippen molar-refractivity contribution in [2.24, 2.45) is 11.7 Å². The van der Waals surface area contributed by atoms with Gasteiger partial charge in [-0.25, -0.2) is 0 Å². The number of nitrogens with one attached hydrogen (secondary N) is 1. The minimum Gasteiger partial charge on any atom is -0.349 e. The number of hydrogen-bond donors (Lipinski definition) is 2. The zero-order chi connectivity index (χ0) is 15.9. The van der Waals surface area contributed by atoms with Gasteiger partial charge in [0, 0.05) is 12.5 Å². The molecule has 0 aromatic heterocycles. The van der Waals surface area contributed by atoms with Gasteiger partial charge in [0.2, 0.25) is 5.91 Å². The molecule has 116 valence electrons.